The van der Waals surface area contributed by atoms with Gasteiger partial charge in [0.05, 0.1) is 0 Å². The normalized spacial score (nSPS) is 19.1. The van der Waals surface area contributed by atoms with Gasteiger partial charge >= 0.3 is 0 Å². The van der Waals surface area contributed by atoms with Crippen LogP contribution in [0.3, 0.4) is 0 Å². The first-order chi connectivity index (χ1) is 8.45. The lowest BCUT2D eigenvalue weighted by molar-refractivity contribution is 0.108. The smallest absolute Gasteiger partial charge is 0.0410 e. The second-order valence-electron chi connectivity index (χ2n) is 6.43. The van der Waals surface area contributed by atoms with E-state index in [0.717, 1.165) is 16.9 Å². The third-order valence-electron chi connectivity index (χ3n) is 3.98. The van der Waals surface area contributed by atoms with Crippen LogP contribution in [0.2, 0.25) is 0 Å². The van der Waals surface area contributed by atoms with Crippen molar-refractivity contribution in [2.24, 2.45) is 11.3 Å². The molecule has 0 amide bonds. The molecule has 2 rings (SSSR count). The molecule has 0 aromatic carbocycles. The summed E-state index contributed by atoms with van der Waals surface area (Å²) >= 11 is 3.48. The highest BCUT2D eigenvalue weighted by molar-refractivity contribution is 9.10. The highest BCUT2D eigenvalue weighted by atomic mass is 79.9. The van der Waals surface area contributed by atoms with Gasteiger partial charge < -0.3 is 0 Å². The van der Waals surface area contributed by atoms with E-state index in [1.165, 1.54) is 31.5 Å². The molecule has 0 radical (unpaired) electrons. The highest BCUT2D eigenvalue weighted by Gasteiger charge is 2.28. The quantitative estimate of drug-likeness (QED) is 0.817. The Morgan fingerprint density at radius 2 is 1.94 bits per heavy atom. The Hall–Kier alpha value is -0.410. The molecule has 1 fully saturated rings. The van der Waals surface area contributed by atoms with Crippen LogP contribution in [0.4, 0.5) is 0 Å². The number of aromatic nitrogens is 1. The van der Waals surface area contributed by atoms with Crippen molar-refractivity contribution >= 4 is 15.9 Å². The van der Waals surface area contributed by atoms with Gasteiger partial charge in [0, 0.05) is 23.4 Å². The summed E-state index contributed by atoms with van der Waals surface area (Å²) in [6, 6.07) is 2.17. The molecular weight excluding hydrogens is 288 g/mol. The Morgan fingerprint density at radius 1 is 1.28 bits per heavy atom. The maximum Gasteiger partial charge on any atom is 0.0410 e. The number of rotatable bonds is 2. The van der Waals surface area contributed by atoms with Gasteiger partial charge in [-0.2, -0.15) is 0 Å². The summed E-state index contributed by atoms with van der Waals surface area (Å²) in [5, 5.41) is 0. The van der Waals surface area contributed by atoms with E-state index in [2.05, 4.69) is 52.7 Å². The van der Waals surface area contributed by atoms with Gasteiger partial charge in [0.1, 0.15) is 0 Å². The lowest BCUT2D eigenvalue weighted by atomic mass is 9.75. The van der Waals surface area contributed by atoms with Crippen molar-refractivity contribution in [3.63, 3.8) is 0 Å². The Balaban J connectivity index is 1.87. The molecule has 1 aliphatic heterocycles. The summed E-state index contributed by atoms with van der Waals surface area (Å²) in [4.78, 5) is 6.78. The van der Waals surface area contributed by atoms with Crippen LogP contribution in [0.5, 0.6) is 0 Å². The molecule has 2 heterocycles. The van der Waals surface area contributed by atoms with Crippen molar-refractivity contribution in [3.8, 4) is 0 Å². The largest absolute Gasteiger partial charge is 0.299 e. The number of nitrogens with zero attached hydrogens (tertiary/aromatic N) is 2. The van der Waals surface area contributed by atoms with Crippen LogP contribution in [-0.2, 0) is 6.54 Å². The number of piperidine rings is 1. The number of halogens is 1. The molecule has 0 saturated carbocycles. The summed E-state index contributed by atoms with van der Waals surface area (Å²) in [6.45, 7) is 10.6. The van der Waals surface area contributed by atoms with Gasteiger partial charge in [-0.25, -0.2) is 0 Å². The van der Waals surface area contributed by atoms with E-state index in [9.17, 15) is 0 Å². The van der Waals surface area contributed by atoms with Crippen LogP contribution >= 0.6 is 15.9 Å². The Labute approximate surface area is 119 Å². The average molecular weight is 311 g/mol. The second kappa shape index (κ2) is 5.70. The van der Waals surface area contributed by atoms with Crippen LogP contribution in [0.1, 0.15) is 39.2 Å². The first-order valence-electron chi connectivity index (χ1n) is 6.77. The maximum absolute atomic E-state index is 4.23. The summed E-state index contributed by atoms with van der Waals surface area (Å²) < 4.78 is 1.07. The maximum atomic E-state index is 4.23. The minimum absolute atomic E-state index is 0.462. The van der Waals surface area contributed by atoms with Crippen molar-refractivity contribution in [2.75, 3.05) is 13.1 Å². The fourth-order valence-electron chi connectivity index (χ4n) is 2.76. The van der Waals surface area contributed by atoms with E-state index in [1.807, 2.05) is 12.4 Å². The van der Waals surface area contributed by atoms with Crippen LogP contribution in [-0.4, -0.2) is 23.0 Å². The van der Waals surface area contributed by atoms with Gasteiger partial charge in [0.15, 0.2) is 0 Å². The summed E-state index contributed by atoms with van der Waals surface area (Å²) in [7, 11) is 0. The van der Waals surface area contributed by atoms with Crippen LogP contribution < -0.4 is 0 Å². The van der Waals surface area contributed by atoms with Gasteiger partial charge in [-0.1, -0.05) is 20.8 Å². The van der Waals surface area contributed by atoms with Crippen LogP contribution in [0, 0.1) is 11.3 Å². The summed E-state index contributed by atoms with van der Waals surface area (Å²) in [5.41, 5.74) is 1.77. The fraction of sp³-hybridized carbons (Fsp3) is 0.667. The monoisotopic (exact) mass is 310 g/mol. The number of pyridine rings is 1. The highest BCUT2D eigenvalue weighted by Crippen LogP contribution is 2.34. The van der Waals surface area contributed by atoms with Gasteiger partial charge in [-0.15, -0.1) is 0 Å². The Kier molecular flexibility index (Phi) is 4.44. The zero-order valence-corrected chi connectivity index (χ0v) is 13.2. The van der Waals surface area contributed by atoms with E-state index in [-0.39, 0.29) is 0 Å². The van der Waals surface area contributed by atoms with E-state index < -0.39 is 0 Å². The molecular formula is C15H23BrN2. The number of likely N-dealkylation sites (tertiary alicyclic amines) is 1. The van der Waals surface area contributed by atoms with Gasteiger partial charge in [-0.3, -0.25) is 9.88 Å². The molecule has 0 N–H and O–H groups in total. The van der Waals surface area contributed by atoms with Gasteiger partial charge in [-0.05, 0) is 64.8 Å². The second-order valence-corrected chi connectivity index (χ2v) is 7.34. The summed E-state index contributed by atoms with van der Waals surface area (Å²) in [5.74, 6) is 0.870. The minimum Gasteiger partial charge on any atom is -0.299 e. The van der Waals surface area contributed by atoms with Crippen molar-refractivity contribution in [1.29, 1.82) is 0 Å². The van der Waals surface area contributed by atoms with E-state index in [0.29, 0.717) is 5.41 Å². The minimum atomic E-state index is 0.462. The molecule has 100 valence electrons. The fourth-order valence-corrected chi connectivity index (χ4v) is 3.17. The Morgan fingerprint density at radius 3 is 2.50 bits per heavy atom. The predicted octanol–water partition coefficient (Wildman–Crippen LogP) is 4.10. The first kappa shape index (κ1) is 14.0. The average Bonchev–Trinajstić information content (AvgIpc) is 2.28. The van der Waals surface area contributed by atoms with E-state index in [1.54, 1.807) is 0 Å². The van der Waals surface area contributed by atoms with E-state index in [4.69, 9.17) is 0 Å². The Bertz CT molecular complexity index is 390. The van der Waals surface area contributed by atoms with Gasteiger partial charge in [0.25, 0.3) is 0 Å². The zero-order valence-electron chi connectivity index (χ0n) is 11.6. The molecule has 0 atom stereocenters. The SMILES string of the molecule is CC(C)(C)C1CCN(Cc2cncc(Br)c2)CC1. The first-order valence-corrected chi connectivity index (χ1v) is 7.56. The summed E-state index contributed by atoms with van der Waals surface area (Å²) in [6.07, 6.45) is 6.46. The molecule has 0 bridgehead atoms. The van der Waals surface area contributed by atoms with Crippen molar-refractivity contribution in [2.45, 2.75) is 40.2 Å². The molecule has 1 aromatic heterocycles. The number of hydrogen-bond donors (Lipinski definition) is 0. The molecule has 2 nitrogen and oxygen atoms in total. The molecule has 0 unspecified atom stereocenters. The molecule has 0 aliphatic carbocycles. The lowest BCUT2D eigenvalue weighted by Gasteiger charge is -2.38. The van der Waals surface area contributed by atoms with Gasteiger partial charge in [0.2, 0.25) is 0 Å². The van der Waals surface area contributed by atoms with Crippen molar-refractivity contribution in [3.05, 3.63) is 28.5 Å². The molecule has 0 spiro atoms. The van der Waals surface area contributed by atoms with Crippen molar-refractivity contribution in [1.82, 2.24) is 9.88 Å². The standard InChI is InChI=1S/C15H23BrN2/c1-15(2,3)13-4-6-18(7-5-13)11-12-8-14(16)10-17-9-12/h8-10,13H,4-7,11H2,1-3H3. The predicted molar refractivity (Wildman–Crippen MR) is 79.4 cm³/mol. The van der Waals surface area contributed by atoms with Crippen molar-refractivity contribution < 1.29 is 0 Å². The topological polar surface area (TPSA) is 16.1 Å². The lowest BCUT2D eigenvalue weighted by Crippen LogP contribution is -2.37. The number of hydrogen-bond acceptors (Lipinski definition) is 2. The van der Waals surface area contributed by atoms with Crippen LogP contribution in [0.25, 0.3) is 0 Å². The van der Waals surface area contributed by atoms with E-state index >= 15 is 0 Å². The molecule has 1 aliphatic rings. The molecule has 1 aromatic rings. The molecule has 3 heteroatoms. The third-order valence-corrected chi connectivity index (χ3v) is 4.41. The van der Waals surface area contributed by atoms with Crippen LogP contribution in [0.15, 0.2) is 22.9 Å². The molecule has 1 saturated heterocycles. The third kappa shape index (κ3) is 3.79. The molecule has 18 heavy (non-hydrogen) atoms. The zero-order chi connectivity index (χ0) is 13.2.